The molecule has 0 atom stereocenters. The summed E-state index contributed by atoms with van der Waals surface area (Å²) in [7, 11) is 2.16. The number of rotatable bonds is 3. The molecule has 0 saturated carbocycles. The molecule has 0 bridgehead atoms. The zero-order chi connectivity index (χ0) is 12.1. The Kier molecular flexibility index (Phi) is 16.0. The van der Waals surface area contributed by atoms with Crippen LogP contribution in [0.15, 0.2) is 0 Å². The summed E-state index contributed by atoms with van der Waals surface area (Å²) >= 11 is 0. The highest BCUT2D eigenvalue weighted by Gasteiger charge is 2.12. The molecule has 1 aliphatic heterocycles. The van der Waals surface area contributed by atoms with Crippen molar-refractivity contribution in [2.45, 2.75) is 34.1 Å². The Bertz CT molecular complexity index is 99.0. The molecule has 0 unspecified atom stereocenters. The molecule has 0 aromatic heterocycles. The van der Waals surface area contributed by atoms with E-state index in [2.05, 4.69) is 16.8 Å². The van der Waals surface area contributed by atoms with E-state index in [1.807, 2.05) is 27.7 Å². The van der Waals surface area contributed by atoms with Gasteiger partial charge in [0.15, 0.2) is 0 Å². The largest absolute Gasteiger partial charge is 0.396 e. The first-order valence-corrected chi connectivity index (χ1v) is 6.34. The maximum atomic E-state index is 8.61. The highest BCUT2D eigenvalue weighted by atomic mass is 16.3. The molecular formula is C12H30N2O. The molecule has 0 radical (unpaired) electrons. The molecule has 1 N–H and O–H groups in total. The van der Waals surface area contributed by atoms with E-state index in [-0.39, 0.29) is 0 Å². The van der Waals surface area contributed by atoms with Gasteiger partial charge in [-0.2, -0.15) is 0 Å². The van der Waals surface area contributed by atoms with E-state index in [9.17, 15) is 0 Å². The van der Waals surface area contributed by atoms with Gasteiger partial charge < -0.3 is 14.9 Å². The SMILES string of the molecule is CC.CC.CN1CCN(CCCO)CC1. The van der Waals surface area contributed by atoms with Gasteiger partial charge in [0.05, 0.1) is 0 Å². The zero-order valence-corrected chi connectivity index (χ0v) is 11.3. The van der Waals surface area contributed by atoms with E-state index < -0.39 is 0 Å². The first-order valence-electron chi connectivity index (χ1n) is 6.34. The number of aliphatic hydroxyl groups excluding tert-OH is 1. The van der Waals surface area contributed by atoms with Crippen LogP contribution in [0.1, 0.15) is 34.1 Å². The van der Waals surface area contributed by atoms with Gasteiger partial charge >= 0.3 is 0 Å². The van der Waals surface area contributed by atoms with Crippen LogP contribution in [0, 0.1) is 0 Å². The van der Waals surface area contributed by atoms with Gasteiger partial charge in [0.2, 0.25) is 0 Å². The standard InChI is InChI=1S/C8H18N2O.2C2H6/c1-9-4-6-10(7-5-9)3-2-8-11;2*1-2/h11H,2-8H2,1H3;2*1-2H3. The first kappa shape index (κ1) is 17.3. The van der Waals surface area contributed by atoms with Gasteiger partial charge in [-0.15, -0.1) is 0 Å². The smallest absolute Gasteiger partial charge is 0.0443 e. The van der Waals surface area contributed by atoms with E-state index in [0.29, 0.717) is 6.61 Å². The van der Waals surface area contributed by atoms with Gasteiger partial charge in [-0.05, 0) is 13.5 Å². The molecule has 1 fully saturated rings. The summed E-state index contributed by atoms with van der Waals surface area (Å²) in [6, 6.07) is 0. The van der Waals surface area contributed by atoms with Gasteiger partial charge in [-0.3, -0.25) is 0 Å². The Labute approximate surface area is 96.1 Å². The summed E-state index contributed by atoms with van der Waals surface area (Å²) in [4.78, 5) is 4.76. The molecule has 0 aliphatic carbocycles. The van der Waals surface area contributed by atoms with Crippen molar-refractivity contribution in [2.75, 3.05) is 46.4 Å². The van der Waals surface area contributed by atoms with Crippen LogP contribution in [0.5, 0.6) is 0 Å². The fourth-order valence-corrected chi connectivity index (χ4v) is 1.37. The number of nitrogens with zero attached hydrogens (tertiary/aromatic N) is 2. The summed E-state index contributed by atoms with van der Waals surface area (Å²) in [5.74, 6) is 0. The number of hydrogen-bond donors (Lipinski definition) is 1. The lowest BCUT2D eigenvalue weighted by Crippen LogP contribution is -2.44. The Morgan fingerprint density at radius 3 is 1.80 bits per heavy atom. The van der Waals surface area contributed by atoms with Crippen LogP contribution in [-0.4, -0.2) is 61.3 Å². The van der Waals surface area contributed by atoms with Gasteiger partial charge in [-0.25, -0.2) is 0 Å². The van der Waals surface area contributed by atoms with Gasteiger partial charge in [0.25, 0.3) is 0 Å². The highest BCUT2D eigenvalue weighted by Crippen LogP contribution is 1.98. The summed E-state index contributed by atoms with van der Waals surface area (Å²) in [6.45, 7) is 14.1. The molecule has 1 heterocycles. The van der Waals surface area contributed by atoms with Crippen LogP contribution >= 0.6 is 0 Å². The molecule has 3 nitrogen and oxygen atoms in total. The summed E-state index contributed by atoms with van der Waals surface area (Å²) in [5.41, 5.74) is 0. The second kappa shape index (κ2) is 13.9. The number of piperazine rings is 1. The Morgan fingerprint density at radius 2 is 1.40 bits per heavy atom. The fourth-order valence-electron chi connectivity index (χ4n) is 1.37. The van der Waals surface area contributed by atoms with Gasteiger partial charge in [-0.1, -0.05) is 27.7 Å². The Balaban J connectivity index is 0. The van der Waals surface area contributed by atoms with Crippen molar-refractivity contribution in [2.24, 2.45) is 0 Å². The third-order valence-corrected chi connectivity index (χ3v) is 2.23. The van der Waals surface area contributed by atoms with Gasteiger partial charge in [0, 0.05) is 39.3 Å². The van der Waals surface area contributed by atoms with E-state index >= 15 is 0 Å². The van der Waals surface area contributed by atoms with Crippen molar-refractivity contribution in [3.8, 4) is 0 Å². The highest BCUT2D eigenvalue weighted by molar-refractivity contribution is 4.68. The average molecular weight is 218 g/mol. The molecule has 1 saturated heterocycles. The molecule has 3 heteroatoms. The van der Waals surface area contributed by atoms with E-state index in [4.69, 9.17) is 5.11 Å². The lowest BCUT2D eigenvalue weighted by atomic mass is 10.3. The van der Waals surface area contributed by atoms with Crippen molar-refractivity contribution in [3.05, 3.63) is 0 Å². The minimum absolute atomic E-state index is 0.326. The quantitative estimate of drug-likeness (QED) is 0.780. The summed E-state index contributed by atoms with van der Waals surface area (Å²) in [6.07, 6.45) is 0.920. The van der Waals surface area contributed by atoms with Crippen molar-refractivity contribution < 1.29 is 5.11 Å². The minimum atomic E-state index is 0.326. The topological polar surface area (TPSA) is 26.7 Å². The monoisotopic (exact) mass is 218 g/mol. The van der Waals surface area contributed by atoms with Crippen LogP contribution in [0.25, 0.3) is 0 Å². The van der Waals surface area contributed by atoms with Crippen LogP contribution in [-0.2, 0) is 0 Å². The predicted molar refractivity (Wildman–Crippen MR) is 68.3 cm³/mol. The molecule has 0 amide bonds. The van der Waals surface area contributed by atoms with Crippen LogP contribution in [0.2, 0.25) is 0 Å². The Morgan fingerprint density at radius 1 is 0.933 bits per heavy atom. The van der Waals surface area contributed by atoms with Crippen LogP contribution in [0.3, 0.4) is 0 Å². The molecule has 0 aromatic carbocycles. The third kappa shape index (κ3) is 10.2. The van der Waals surface area contributed by atoms with Gasteiger partial charge in [0.1, 0.15) is 0 Å². The van der Waals surface area contributed by atoms with Crippen LogP contribution < -0.4 is 0 Å². The Hall–Kier alpha value is -0.120. The molecule has 15 heavy (non-hydrogen) atoms. The normalized spacial score (nSPS) is 17.2. The first-order chi connectivity index (χ1) is 7.33. The number of aliphatic hydroxyl groups is 1. The van der Waals surface area contributed by atoms with E-state index in [0.717, 1.165) is 26.1 Å². The van der Waals surface area contributed by atoms with E-state index in [1.165, 1.54) is 13.1 Å². The molecule has 94 valence electrons. The lowest BCUT2D eigenvalue weighted by Gasteiger charge is -2.32. The number of likely N-dealkylation sites (N-methyl/N-ethyl adjacent to an activating group) is 1. The van der Waals surface area contributed by atoms with Crippen LogP contribution in [0.4, 0.5) is 0 Å². The molecular weight excluding hydrogens is 188 g/mol. The van der Waals surface area contributed by atoms with Crippen molar-refractivity contribution in [1.82, 2.24) is 9.80 Å². The second-order valence-electron chi connectivity index (χ2n) is 3.22. The fraction of sp³-hybridized carbons (Fsp3) is 1.00. The van der Waals surface area contributed by atoms with Crippen molar-refractivity contribution >= 4 is 0 Å². The molecule has 0 aromatic rings. The molecule has 1 aliphatic rings. The lowest BCUT2D eigenvalue weighted by molar-refractivity contribution is 0.143. The number of hydrogen-bond acceptors (Lipinski definition) is 3. The summed E-state index contributed by atoms with van der Waals surface area (Å²) in [5, 5.41) is 8.61. The minimum Gasteiger partial charge on any atom is -0.396 e. The van der Waals surface area contributed by atoms with E-state index in [1.54, 1.807) is 0 Å². The third-order valence-electron chi connectivity index (χ3n) is 2.23. The molecule has 1 rings (SSSR count). The zero-order valence-electron chi connectivity index (χ0n) is 11.3. The maximum Gasteiger partial charge on any atom is 0.0443 e. The second-order valence-corrected chi connectivity index (χ2v) is 3.22. The van der Waals surface area contributed by atoms with Crippen molar-refractivity contribution in [3.63, 3.8) is 0 Å². The molecule has 0 spiro atoms. The summed E-state index contributed by atoms with van der Waals surface area (Å²) < 4.78 is 0. The van der Waals surface area contributed by atoms with Crippen molar-refractivity contribution in [1.29, 1.82) is 0 Å². The average Bonchev–Trinajstić information content (AvgIpc) is 2.34. The predicted octanol–water partition coefficient (Wildman–Crippen LogP) is 1.67. The maximum absolute atomic E-state index is 8.61.